The molecule has 10 heteroatoms. The van der Waals surface area contributed by atoms with E-state index in [0.717, 1.165) is 48.6 Å². The Bertz CT molecular complexity index is 1570. The number of rotatable bonds is 13. The van der Waals surface area contributed by atoms with Crippen LogP contribution in [0.5, 0.6) is 11.5 Å². The molecule has 3 aromatic carbocycles. The minimum Gasteiger partial charge on any atom is -0.486 e. The number of anilines is 1. The van der Waals surface area contributed by atoms with Crippen molar-refractivity contribution >= 4 is 27.5 Å². The van der Waals surface area contributed by atoms with Gasteiger partial charge in [-0.1, -0.05) is 67.4 Å². The Labute approximate surface area is 266 Å². The number of nitrogens with zero attached hydrogens (tertiary/aromatic N) is 2. The highest BCUT2D eigenvalue weighted by molar-refractivity contribution is 7.92. The largest absolute Gasteiger partial charge is 0.486 e. The first-order chi connectivity index (χ1) is 21.7. The van der Waals surface area contributed by atoms with E-state index in [1.807, 2.05) is 61.5 Å². The van der Waals surface area contributed by atoms with Gasteiger partial charge >= 0.3 is 0 Å². The number of nitrogens with one attached hydrogen (secondary N) is 1. The van der Waals surface area contributed by atoms with E-state index in [9.17, 15) is 18.0 Å². The van der Waals surface area contributed by atoms with Crippen LogP contribution in [-0.2, 0) is 32.6 Å². The van der Waals surface area contributed by atoms with Gasteiger partial charge in [0.1, 0.15) is 19.3 Å². The molecule has 1 fully saturated rings. The Balaban J connectivity index is 1.38. The molecule has 0 spiro atoms. The van der Waals surface area contributed by atoms with Crippen LogP contribution in [0.1, 0.15) is 55.2 Å². The van der Waals surface area contributed by atoms with E-state index in [4.69, 9.17) is 9.47 Å². The van der Waals surface area contributed by atoms with Gasteiger partial charge in [0.25, 0.3) is 0 Å². The summed E-state index contributed by atoms with van der Waals surface area (Å²) in [6.07, 6.45) is 5.93. The summed E-state index contributed by atoms with van der Waals surface area (Å²) in [5, 5.41) is 3.23. The van der Waals surface area contributed by atoms with Crippen LogP contribution in [0.2, 0.25) is 0 Å². The zero-order valence-corrected chi connectivity index (χ0v) is 26.9. The number of fused-ring (bicyclic) bond motifs is 1. The van der Waals surface area contributed by atoms with E-state index in [0.29, 0.717) is 36.8 Å². The van der Waals surface area contributed by atoms with E-state index in [1.165, 1.54) is 4.31 Å². The standard InChI is InChI=1S/C35H43N3O6S/c1-26-11-6-7-14-28(26)25-37(31(23-27-12-4-3-5-13-27)35(40)36-29-15-8-9-16-29)34(39)17-10-20-38(45(2,41)42)30-18-19-32-33(24-30)44-22-21-43-32/h3-7,11-14,18-19,24,29,31H,8-10,15-17,20-23,25H2,1-2H3,(H,36,40). The van der Waals surface area contributed by atoms with Crippen molar-refractivity contribution in [2.45, 2.75) is 70.5 Å². The third-order valence-electron chi connectivity index (χ3n) is 8.54. The summed E-state index contributed by atoms with van der Waals surface area (Å²) < 4.78 is 38.3. The molecule has 2 aliphatic rings. The number of hydrogen-bond donors (Lipinski definition) is 1. The molecule has 0 radical (unpaired) electrons. The maximum atomic E-state index is 14.1. The minimum atomic E-state index is -3.65. The number of aryl methyl sites for hydroxylation is 1. The summed E-state index contributed by atoms with van der Waals surface area (Å²) >= 11 is 0. The second-order valence-electron chi connectivity index (χ2n) is 11.9. The third-order valence-corrected chi connectivity index (χ3v) is 9.73. The van der Waals surface area contributed by atoms with Gasteiger partial charge in [-0.2, -0.15) is 0 Å². The number of carbonyl (C=O) groups is 2. The molecule has 240 valence electrons. The Morgan fingerprint density at radius 2 is 1.62 bits per heavy atom. The highest BCUT2D eigenvalue weighted by Crippen LogP contribution is 2.35. The molecular weight excluding hydrogens is 590 g/mol. The van der Waals surface area contributed by atoms with Crippen molar-refractivity contribution in [1.82, 2.24) is 10.2 Å². The van der Waals surface area contributed by atoms with Crippen molar-refractivity contribution < 1.29 is 27.5 Å². The van der Waals surface area contributed by atoms with Gasteiger partial charge < -0.3 is 19.7 Å². The lowest BCUT2D eigenvalue weighted by Crippen LogP contribution is -2.52. The maximum absolute atomic E-state index is 14.1. The molecule has 1 saturated carbocycles. The first-order valence-electron chi connectivity index (χ1n) is 15.7. The maximum Gasteiger partial charge on any atom is 0.243 e. The van der Waals surface area contributed by atoms with Crippen LogP contribution in [0, 0.1) is 6.92 Å². The van der Waals surface area contributed by atoms with E-state index < -0.39 is 16.1 Å². The monoisotopic (exact) mass is 633 g/mol. The van der Waals surface area contributed by atoms with E-state index in [2.05, 4.69) is 5.32 Å². The predicted octanol–water partition coefficient (Wildman–Crippen LogP) is 5.01. The number of ether oxygens (including phenoxy) is 2. The molecule has 0 bridgehead atoms. The smallest absolute Gasteiger partial charge is 0.243 e. The molecule has 1 aliphatic carbocycles. The Morgan fingerprint density at radius 3 is 2.33 bits per heavy atom. The summed E-state index contributed by atoms with van der Waals surface area (Å²) in [5.41, 5.74) is 3.41. The van der Waals surface area contributed by atoms with Crippen LogP contribution in [0.4, 0.5) is 5.69 Å². The van der Waals surface area contributed by atoms with Gasteiger partial charge in [-0.05, 0) is 55.0 Å². The SMILES string of the molecule is Cc1ccccc1CN(C(=O)CCCN(c1ccc2c(c1)OCCO2)S(C)(=O)=O)C(Cc1ccccc1)C(=O)NC1CCCC1. The van der Waals surface area contributed by atoms with Gasteiger partial charge in [0, 0.05) is 38.0 Å². The average molecular weight is 634 g/mol. The van der Waals surface area contributed by atoms with Gasteiger partial charge in [-0.3, -0.25) is 13.9 Å². The van der Waals surface area contributed by atoms with Crippen LogP contribution in [0.15, 0.2) is 72.8 Å². The first kappa shape index (κ1) is 32.3. The quantitative estimate of drug-likeness (QED) is 0.284. The van der Waals surface area contributed by atoms with Crippen LogP contribution in [0.25, 0.3) is 0 Å². The Kier molecular flexibility index (Phi) is 10.7. The summed E-state index contributed by atoms with van der Waals surface area (Å²) in [5.74, 6) is 0.712. The second-order valence-corrected chi connectivity index (χ2v) is 13.8. The zero-order valence-electron chi connectivity index (χ0n) is 26.1. The number of sulfonamides is 1. The molecule has 1 heterocycles. The Morgan fingerprint density at radius 1 is 0.933 bits per heavy atom. The molecule has 1 N–H and O–H groups in total. The third kappa shape index (κ3) is 8.57. The molecule has 0 aromatic heterocycles. The van der Waals surface area contributed by atoms with Crippen molar-refractivity contribution in [3.05, 3.63) is 89.5 Å². The van der Waals surface area contributed by atoms with E-state index in [1.54, 1.807) is 23.1 Å². The summed E-state index contributed by atoms with van der Waals surface area (Å²) in [6, 6.07) is 22.1. The number of amides is 2. The molecule has 3 aromatic rings. The lowest BCUT2D eigenvalue weighted by molar-refractivity contribution is -0.141. The van der Waals surface area contributed by atoms with Crippen molar-refractivity contribution in [1.29, 1.82) is 0 Å². The molecule has 1 unspecified atom stereocenters. The fraction of sp³-hybridized carbons (Fsp3) is 0.429. The molecule has 9 nitrogen and oxygen atoms in total. The fourth-order valence-corrected chi connectivity index (χ4v) is 7.04. The van der Waals surface area contributed by atoms with Crippen molar-refractivity contribution in [3.63, 3.8) is 0 Å². The van der Waals surface area contributed by atoms with Crippen molar-refractivity contribution in [2.75, 3.05) is 30.3 Å². The van der Waals surface area contributed by atoms with Crippen molar-refractivity contribution in [2.24, 2.45) is 0 Å². The molecular formula is C35H43N3O6S. The van der Waals surface area contributed by atoms with E-state index >= 15 is 0 Å². The van der Waals surface area contributed by atoms with Crippen LogP contribution >= 0.6 is 0 Å². The van der Waals surface area contributed by atoms with E-state index in [-0.39, 0.29) is 43.8 Å². The zero-order chi connectivity index (χ0) is 31.8. The molecule has 1 atom stereocenters. The molecule has 5 rings (SSSR count). The lowest BCUT2D eigenvalue weighted by atomic mass is 10.0. The Hall–Kier alpha value is -4.05. The van der Waals surface area contributed by atoms with Crippen LogP contribution < -0.4 is 19.1 Å². The second kappa shape index (κ2) is 14.8. The summed E-state index contributed by atoms with van der Waals surface area (Å²) in [4.78, 5) is 29.7. The highest BCUT2D eigenvalue weighted by atomic mass is 32.2. The number of hydrogen-bond acceptors (Lipinski definition) is 6. The normalized spacial score (nSPS) is 15.3. The van der Waals surface area contributed by atoms with Crippen LogP contribution in [-0.4, -0.2) is 63.2 Å². The van der Waals surface area contributed by atoms with Gasteiger partial charge in [-0.15, -0.1) is 0 Å². The minimum absolute atomic E-state index is 0.0739. The predicted molar refractivity (Wildman–Crippen MR) is 175 cm³/mol. The molecule has 0 saturated heterocycles. The topological polar surface area (TPSA) is 105 Å². The number of carbonyl (C=O) groups excluding carboxylic acids is 2. The van der Waals surface area contributed by atoms with Crippen molar-refractivity contribution in [3.8, 4) is 11.5 Å². The summed E-state index contributed by atoms with van der Waals surface area (Å²) in [7, 11) is -3.65. The molecule has 2 amide bonds. The van der Waals surface area contributed by atoms with Gasteiger partial charge in [0.05, 0.1) is 11.9 Å². The fourth-order valence-electron chi connectivity index (χ4n) is 6.08. The molecule has 1 aliphatic heterocycles. The highest BCUT2D eigenvalue weighted by Gasteiger charge is 2.32. The number of benzene rings is 3. The lowest BCUT2D eigenvalue weighted by Gasteiger charge is -2.33. The van der Waals surface area contributed by atoms with Gasteiger partial charge in [-0.25, -0.2) is 8.42 Å². The van der Waals surface area contributed by atoms with Gasteiger partial charge in [0.15, 0.2) is 11.5 Å². The first-order valence-corrected chi connectivity index (χ1v) is 17.6. The summed E-state index contributed by atoms with van der Waals surface area (Å²) in [6.45, 7) is 3.20. The van der Waals surface area contributed by atoms with Gasteiger partial charge in [0.2, 0.25) is 21.8 Å². The van der Waals surface area contributed by atoms with Crippen LogP contribution in [0.3, 0.4) is 0 Å². The average Bonchev–Trinajstić information content (AvgIpc) is 3.54. The molecule has 45 heavy (non-hydrogen) atoms.